The van der Waals surface area contributed by atoms with Crippen LogP contribution in [0.1, 0.15) is 11.3 Å². The molecule has 0 atom stereocenters. The van der Waals surface area contributed by atoms with Gasteiger partial charge >= 0.3 is 0 Å². The van der Waals surface area contributed by atoms with E-state index in [2.05, 4.69) is 15.3 Å². The van der Waals surface area contributed by atoms with Crippen molar-refractivity contribution < 1.29 is 9.13 Å². The summed E-state index contributed by atoms with van der Waals surface area (Å²) in [6, 6.07) is 6.64. The molecular weight excluding hydrogens is 233 g/mol. The van der Waals surface area contributed by atoms with Gasteiger partial charge in [-0.3, -0.25) is 0 Å². The van der Waals surface area contributed by atoms with Gasteiger partial charge in [-0.2, -0.15) is 0 Å². The van der Waals surface area contributed by atoms with E-state index in [1.807, 2.05) is 6.07 Å². The molecule has 0 unspecified atom stereocenters. The average molecular weight is 247 g/mol. The van der Waals surface area contributed by atoms with Crippen LogP contribution in [0, 0.1) is 5.82 Å². The van der Waals surface area contributed by atoms with Gasteiger partial charge in [0, 0.05) is 30.9 Å². The number of ether oxygens (including phenoxy) is 1. The zero-order valence-corrected chi connectivity index (χ0v) is 10.1. The Morgan fingerprint density at radius 1 is 1.28 bits per heavy atom. The van der Waals surface area contributed by atoms with Crippen molar-refractivity contribution in [1.29, 1.82) is 0 Å². The van der Waals surface area contributed by atoms with Crippen molar-refractivity contribution in [2.75, 3.05) is 7.11 Å². The number of rotatable bonds is 5. The van der Waals surface area contributed by atoms with Crippen molar-refractivity contribution in [1.82, 2.24) is 15.3 Å². The van der Waals surface area contributed by atoms with Gasteiger partial charge in [-0.1, -0.05) is 6.07 Å². The highest BCUT2D eigenvalue weighted by molar-refractivity contribution is 5.28. The van der Waals surface area contributed by atoms with Crippen LogP contribution in [-0.4, -0.2) is 17.1 Å². The summed E-state index contributed by atoms with van der Waals surface area (Å²) in [7, 11) is 1.52. The third-order valence-electron chi connectivity index (χ3n) is 2.53. The highest BCUT2D eigenvalue weighted by atomic mass is 19.1. The van der Waals surface area contributed by atoms with E-state index in [1.165, 1.54) is 19.5 Å². The number of nitrogens with zero attached hydrogens (tertiary/aromatic N) is 2. The summed E-state index contributed by atoms with van der Waals surface area (Å²) >= 11 is 0. The first-order valence-corrected chi connectivity index (χ1v) is 5.57. The molecule has 2 aromatic rings. The number of methoxy groups -OCH3 is 1. The first-order chi connectivity index (χ1) is 8.79. The summed E-state index contributed by atoms with van der Waals surface area (Å²) in [4.78, 5) is 7.90. The molecule has 4 nitrogen and oxygen atoms in total. The molecule has 0 radical (unpaired) electrons. The maximum absolute atomic E-state index is 13.6. The van der Waals surface area contributed by atoms with Gasteiger partial charge in [0.15, 0.2) is 0 Å². The molecule has 0 aliphatic carbocycles. The molecule has 0 aliphatic heterocycles. The molecule has 5 heteroatoms. The monoisotopic (exact) mass is 247 g/mol. The smallest absolute Gasteiger partial charge is 0.131 e. The standard InChI is InChI=1S/C13H14FN3O/c1-18-12-3-2-10(13(14)6-12)7-16-8-11-4-5-15-9-17-11/h2-6,9,16H,7-8H2,1H3. The number of hydrogen-bond donors (Lipinski definition) is 1. The Morgan fingerprint density at radius 2 is 2.17 bits per heavy atom. The molecule has 1 N–H and O–H groups in total. The minimum atomic E-state index is -0.274. The van der Waals surface area contributed by atoms with Crippen molar-refractivity contribution in [3.05, 3.63) is 53.9 Å². The topological polar surface area (TPSA) is 47.0 Å². The first kappa shape index (κ1) is 12.4. The lowest BCUT2D eigenvalue weighted by atomic mass is 10.2. The van der Waals surface area contributed by atoms with Crippen molar-refractivity contribution >= 4 is 0 Å². The lowest BCUT2D eigenvalue weighted by Gasteiger charge is -2.07. The fraction of sp³-hybridized carbons (Fsp3) is 0.231. The molecule has 1 heterocycles. The quantitative estimate of drug-likeness (QED) is 0.876. The van der Waals surface area contributed by atoms with Gasteiger partial charge in [-0.25, -0.2) is 14.4 Å². The highest BCUT2D eigenvalue weighted by Gasteiger charge is 2.03. The van der Waals surface area contributed by atoms with Crippen molar-refractivity contribution in [2.24, 2.45) is 0 Å². The second kappa shape index (κ2) is 6.07. The predicted octanol–water partition coefficient (Wildman–Crippen LogP) is 1.91. The molecule has 0 aliphatic rings. The van der Waals surface area contributed by atoms with Crippen LogP contribution in [0.4, 0.5) is 4.39 Å². The van der Waals surface area contributed by atoms with Crippen LogP contribution in [0.25, 0.3) is 0 Å². The van der Waals surface area contributed by atoms with Gasteiger partial charge in [-0.15, -0.1) is 0 Å². The third-order valence-corrected chi connectivity index (χ3v) is 2.53. The van der Waals surface area contributed by atoms with E-state index in [0.29, 0.717) is 24.4 Å². The lowest BCUT2D eigenvalue weighted by Crippen LogP contribution is -2.14. The fourth-order valence-corrected chi connectivity index (χ4v) is 1.55. The maximum atomic E-state index is 13.6. The van der Waals surface area contributed by atoms with Crippen molar-refractivity contribution in [3.8, 4) is 5.75 Å². The predicted molar refractivity (Wildman–Crippen MR) is 65.5 cm³/mol. The Balaban J connectivity index is 1.91. The van der Waals surface area contributed by atoms with E-state index in [1.54, 1.807) is 18.3 Å². The number of halogens is 1. The van der Waals surface area contributed by atoms with Gasteiger partial charge < -0.3 is 10.1 Å². The molecular formula is C13H14FN3O. The minimum absolute atomic E-state index is 0.274. The Bertz CT molecular complexity index is 505. The molecule has 0 saturated carbocycles. The van der Waals surface area contributed by atoms with Crippen LogP contribution in [0.2, 0.25) is 0 Å². The summed E-state index contributed by atoms with van der Waals surface area (Å²) in [5.41, 5.74) is 1.48. The Labute approximate surface area is 105 Å². The van der Waals surface area contributed by atoms with Crippen LogP contribution >= 0.6 is 0 Å². The lowest BCUT2D eigenvalue weighted by molar-refractivity contribution is 0.410. The highest BCUT2D eigenvalue weighted by Crippen LogP contribution is 2.15. The SMILES string of the molecule is COc1ccc(CNCc2ccncn2)c(F)c1. The third kappa shape index (κ3) is 3.24. The van der Waals surface area contributed by atoms with Gasteiger partial charge in [0.25, 0.3) is 0 Å². The maximum Gasteiger partial charge on any atom is 0.131 e. The van der Waals surface area contributed by atoms with E-state index in [4.69, 9.17) is 4.74 Å². The second-order valence-electron chi connectivity index (χ2n) is 3.76. The summed E-state index contributed by atoms with van der Waals surface area (Å²) in [5.74, 6) is 0.247. The van der Waals surface area contributed by atoms with Gasteiger partial charge in [0.1, 0.15) is 17.9 Å². The molecule has 18 heavy (non-hydrogen) atoms. The number of aromatic nitrogens is 2. The van der Waals surface area contributed by atoms with Gasteiger partial charge in [0.2, 0.25) is 0 Å². The van der Waals surface area contributed by atoms with E-state index < -0.39 is 0 Å². The largest absolute Gasteiger partial charge is 0.497 e. The Morgan fingerprint density at radius 3 is 2.83 bits per heavy atom. The molecule has 94 valence electrons. The van der Waals surface area contributed by atoms with Gasteiger partial charge in [0.05, 0.1) is 12.8 Å². The van der Waals surface area contributed by atoms with E-state index >= 15 is 0 Å². The number of benzene rings is 1. The van der Waals surface area contributed by atoms with Crippen molar-refractivity contribution in [3.63, 3.8) is 0 Å². The average Bonchev–Trinajstić information content (AvgIpc) is 2.42. The van der Waals surface area contributed by atoms with Crippen molar-refractivity contribution in [2.45, 2.75) is 13.1 Å². The molecule has 0 fully saturated rings. The normalized spacial score (nSPS) is 10.3. The molecule has 1 aromatic carbocycles. The first-order valence-electron chi connectivity index (χ1n) is 5.57. The molecule has 0 amide bonds. The summed E-state index contributed by atoms with van der Waals surface area (Å²) < 4.78 is 18.6. The van der Waals surface area contributed by atoms with Crippen LogP contribution in [0.5, 0.6) is 5.75 Å². The zero-order valence-electron chi connectivity index (χ0n) is 10.1. The molecule has 0 bridgehead atoms. The number of nitrogens with one attached hydrogen (secondary N) is 1. The fourth-order valence-electron chi connectivity index (χ4n) is 1.55. The minimum Gasteiger partial charge on any atom is -0.497 e. The van der Waals surface area contributed by atoms with Crippen LogP contribution in [0.3, 0.4) is 0 Å². The Kier molecular flexibility index (Phi) is 4.20. The molecule has 2 rings (SSSR count). The van der Waals surface area contributed by atoms with E-state index in [-0.39, 0.29) is 5.82 Å². The van der Waals surface area contributed by atoms with E-state index in [0.717, 1.165) is 5.69 Å². The molecule has 1 aromatic heterocycles. The Hall–Kier alpha value is -2.01. The van der Waals surface area contributed by atoms with E-state index in [9.17, 15) is 4.39 Å². The van der Waals surface area contributed by atoms with Gasteiger partial charge in [-0.05, 0) is 12.1 Å². The van der Waals surface area contributed by atoms with Crippen LogP contribution in [0.15, 0.2) is 36.8 Å². The summed E-state index contributed by atoms with van der Waals surface area (Å²) in [6.07, 6.45) is 3.17. The molecule has 0 saturated heterocycles. The van der Waals surface area contributed by atoms with Crippen LogP contribution < -0.4 is 10.1 Å². The summed E-state index contributed by atoms with van der Waals surface area (Å²) in [6.45, 7) is 1.02. The second-order valence-corrected chi connectivity index (χ2v) is 3.76. The van der Waals surface area contributed by atoms with Crippen LogP contribution in [-0.2, 0) is 13.1 Å². The summed E-state index contributed by atoms with van der Waals surface area (Å²) in [5, 5.41) is 3.13. The zero-order chi connectivity index (χ0) is 12.8. The molecule has 0 spiro atoms. The number of hydrogen-bond acceptors (Lipinski definition) is 4.